The molecule has 1 N–H and O–H groups in total. The first-order valence-electron chi connectivity index (χ1n) is 9.04. The van der Waals surface area contributed by atoms with Crippen LogP contribution in [0.3, 0.4) is 0 Å². The fraction of sp³-hybridized carbons (Fsp3) is 0.273. The highest BCUT2D eigenvalue weighted by atomic mass is 16.2. The van der Waals surface area contributed by atoms with E-state index < -0.39 is 0 Å². The summed E-state index contributed by atoms with van der Waals surface area (Å²) in [5.74, 6) is -0.158. The van der Waals surface area contributed by atoms with Crippen LogP contribution in [0.15, 0.2) is 54.7 Å². The van der Waals surface area contributed by atoms with Crippen molar-refractivity contribution in [3.8, 4) is 0 Å². The van der Waals surface area contributed by atoms with E-state index >= 15 is 0 Å². The van der Waals surface area contributed by atoms with Gasteiger partial charge in [-0.2, -0.15) is 0 Å². The molecule has 0 saturated carbocycles. The van der Waals surface area contributed by atoms with Crippen molar-refractivity contribution in [1.29, 1.82) is 0 Å². The summed E-state index contributed by atoms with van der Waals surface area (Å²) in [7, 11) is 0. The number of aryl methyl sites for hydroxylation is 1. The van der Waals surface area contributed by atoms with Gasteiger partial charge in [0.25, 0.3) is 0 Å². The Balaban J connectivity index is 1.81. The first-order chi connectivity index (χ1) is 12.6. The average molecular weight is 348 g/mol. The van der Waals surface area contributed by atoms with Crippen LogP contribution in [0.1, 0.15) is 49.4 Å². The van der Waals surface area contributed by atoms with Crippen molar-refractivity contribution in [3.05, 3.63) is 71.4 Å². The highest BCUT2D eigenvalue weighted by Gasteiger charge is 2.28. The third kappa shape index (κ3) is 3.85. The number of carbonyl (C=O) groups excluding carboxylic acids is 2. The minimum atomic E-state index is -0.285. The number of anilines is 1. The van der Waals surface area contributed by atoms with Crippen LogP contribution in [0.4, 0.5) is 5.69 Å². The zero-order valence-corrected chi connectivity index (χ0v) is 15.2. The molecular formula is C22H24N2O2. The van der Waals surface area contributed by atoms with Crippen LogP contribution < -0.4 is 5.32 Å². The van der Waals surface area contributed by atoms with E-state index in [2.05, 4.69) is 12.2 Å². The van der Waals surface area contributed by atoms with Gasteiger partial charge < -0.3 is 10.2 Å². The highest BCUT2D eigenvalue weighted by molar-refractivity contribution is 5.92. The van der Waals surface area contributed by atoms with Crippen molar-refractivity contribution < 1.29 is 9.59 Å². The molecule has 1 aliphatic rings. The largest absolute Gasteiger partial charge is 0.326 e. The summed E-state index contributed by atoms with van der Waals surface area (Å²) in [5, 5.41) is 3.03. The second-order valence-corrected chi connectivity index (χ2v) is 6.55. The Hall–Kier alpha value is -2.88. The van der Waals surface area contributed by atoms with Gasteiger partial charge in [-0.3, -0.25) is 9.59 Å². The van der Waals surface area contributed by atoms with Crippen LogP contribution in [-0.2, 0) is 16.0 Å². The van der Waals surface area contributed by atoms with Gasteiger partial charge in [0, 0.05) is 18.8 Å². The van der Waals surface area contributed by atoms with Crippen LogP contribution in [0, 0.1) is 0 Å². The van der Waals surface area contributed by atoms with Gasteiger partial charge in [0.05, 0.1) is 12.5 Å². The van der Waals surface area contributed by atoms with Gasteiger partial charge in [0.2, 0.25) is 11.8 Å². The molecule has 0 spiro atoms. The lowest BCUT2D eigenvalue weighted by Gasteiger charge is -2.32. The quantitative estimate of drug-likeness (QED) is 0.862. The van der Waals surface area contributed by atoms with E-state index in [1.165, 1.54) is 6.92 Å². The maximum absolute atomic E-state index is 12.7. The third-order valence-corrected chi connectivity index (χ3v) is 4.66. The van der Waals surface area contributed by atoms with Crippen LogP contribution in [-0.4, -0.2) is 16.7 Å². The van der Waals surface area contributed by atoms with Gasteiger partial charge in [-0.25, -0.2) is 0 Å². The topological polar surface area (TPSA) is 49.4 Å². The van der Waals surface area contributed by atoms with Gasteiger partial charge in [-0.15, -0.1) is 0 Å². The molecule has 0 fully saturated rings. The molecule has 0 bridgehead atoms. The highest BCUT2D eigenvalue weighted by Crippen LogP contribution is 2.33. The van der Waals surface area contributed by atoms with Crippen molar-refractivity contribution in [2.24, 2.45) is 0 Å². The third-order valence-electron chi connectivity index (χ3n) is 4.66. The number of nitrogens with zero attached hydrogens (tertiary/aromatic N) is 1. The molecule has 1 heterocycles. The summed E-state index contributed by atoms with van der Waals surface area (Å²) < 4.78 is 0. The summed E-state index contributed by atoms with van der Waals surface area (Å²) >= 11 is 0. The standard InChI is InChI=1S/C22H24N2O2/c1-3-8-18-10-5-7-12-20(18)23-22(26)15-21-19-11-6-4-9-17(19)13-14-24(21)16(2)25/h4-7,9-14,21H,3,8,15H2,1-2H3,(H,23,26)/t21-/m1/s1. The molecule has 2 amide bonds. The molecule has 0 aromatic heterocycles. The molecule has 2 aromatic carbocycles. The number of rotatable bonds is 5. The predicted molar refractivity (Wildman–Crippen MR) is 104 cm³/mol. The first kappa shape index (κ1) is 17.9. The number of fused-ring (bicyclic) bond motifs is 1. The van der Waals surface area contributed by atoms with Gasteiger partial charge in [-0.05, 0) is 35.3 Å². The normalized spacial score (nSPS) is 15.5. The number of amides is 2. The summed E-state index contributed by atoms with van der Waals surface area (Å²) in [6.07, 6.45) is 5.85. The van der Waals surface area contributed by atoms with Crippen LogP contribution >= 0.6 is 0 Å². The Kier molecular flexibility index (Phi) is 5.52. The van der Waals surface area contributed by atoms with Gasteiger partial charge in [0.1, 0.15) is 0 Å². The molecule has 0 radical (unpaired) electrons. The molecular weight excluding hydrogens is 324 g/mol. The molecule has 3 rings (SSSR count). The predicted octanol–water partition coefficient (Wildman–Crippen LogP) is 4.54. The molecule has 4 heteroatoms. The molecule has 26 heavy (non-hydrogen) atoms. The van der Waals surface area contributed by atoms with E-state index in [-0.39, 0.29) is 24.3 Å². The van der Waals surface area contributed by atoms with E-state index in [9.17, 15) is 9.59 Å². The molecule has 134 valence electrons. The fourth-order valence-corrected chi connectivity index (χ4v) is 3.42. The molecule has 0 aliphatic carbocycles. The van der Waals surface area contributed by atoms with Crippen LogP contribution in [0.5, 0.6) is 0 Å². The first-order valence-corrected chi connectivity index (χ1v) is 9.04. The van der Waals surface area contributed by atoms with Crippen molar-refractivity contribution in [3.63, 3.8) is 0 Å². The van der Waals surface area contributed by atoms with Crippen LogP contribution in [0.25, 0.3) is 6.08 Å². The maximum atomic E-state index is 12.7. The summed E-state index contributed by atoms with van der Waals surface area (Å²) in [6.45, 7) is 3.65. The molecule has 0 saturated heterocycles. The summed E-state index contributed by atoms with van der Waals surface area (Å²) in [4.78, 5) is 26.4. The van der Waals surface area contributed by atoms with E-state index in [0.717, 1.165) is 35.2 Å². The Bertz CT molecular complexity index is 842. The Morgan fingerprint density at radius 2 is 1.81 bits per heavy atom. The fourth-order valence-electron chi connectivity index (χ4n) is 3.42. The lowest BCUT2D eigenvalue weighted by Crippen LogP contribution is -2.33. The number of hydrogen-bond donors (Lipinski definition) is 1. The van der Waals surface area contributed by atoms with Crippen molar-refractivity contribution in [2.75, 3.05) is 5.32 Å². The van der Waals surface area contributed by atoms with Crippen molar-refractivity contribution >= 4 is 23.6 Å². The number of carbonyl (C=O) groups is 2. The minimum absolute atomic E-state index is 0.0695. The minimum Gasteiger partial charge on any atom is -0.326 e. The molecule has 2 aromatic rings. The summed E-state index contributed by atoms with van der Waals surface area (Å²) in [6, 6.07) is 15.5. The smallest absolute Gasteiger partial charge is 0.226 e. The van der Waals surface area contributed by atoms with Crippen molar-refractivity contribution in [1.82, 2.24) is 4.90 Å². The van der Waals surface area contributed by atoms with Gasteiger partial charge >= 0.3 is 0 Å². The lowest BCUT2D eigenvalue weighted by molar-refractivity contribution is -0.129. The molecule has 4 nitrogen and oxygen atoms in total. The van der Waals surface area contributed by atoms with E-state index in [4.69, 9.17) is 0 Å². The van der Waals surface area contributed by atoms with E-state index in [0.29, 0.717) is 0 Å². The van der Waals surface area contributed by atoms with Gasteiger partial charge in [-0.1, -0.05) is 55.8 Å². The van der Waals surface area contributed by atoms with Crippen molar-refractivity contribution in [2.45, 2.75) is 39.2 Å². The SMILES string of the molecule is CCCc1ccccc1NC(=O)C[C@@H]1c2ccccc2C=CN1C(C)=O. The second-order valence-electron chi connectivity index (χ2n) is 6.55. The molecule has 1 atom stereocenters. The lowest BCUT2D eigenvalue weighted by atomic mass is 9.93. The molecule has 0 unspecified atom stereocenters. The second kappa shape index (κ2) is 8.00. The average Bonchev–Trinajstić information content (AvgIpc) is 2.63. The number of para-hydroxylation sites is 1. The Morgan fingerprint density at radius 1 is 1.08 bits per heavy atom. The van der Waals surface area contributed by atoms with Crippen LogP contribution in [0.2, 0.25) is 0 Å². The number of benzene rings is 2. The maximum Gasteiger partial charge on any atom is 0.226 e. The monoisotopic (exact) mass is 348 g/mol. The van der Waals surface area contributed by atoms with Gasteiger partial charge in [0.15, 0.2) is 0 Å². The Labute approximate surface area is 154 Å². The zero-order valence-electron chi connectivity index (χ0n) is 15.2. The summed E-state index contributed by atoms with van der Waals surface area (Å²) in [5.41, 5.74) is 4.04. The molecule has 1 aliphatic heterocycles. The Morgan fingerprint density at radius 3 is 2.58 bits per heavy atom. The number of hydrogen-bond acceptors (Lipinski definition) is 2. The van der Waals surface area contributed by atoms with E-state index in [1.807, 2.05) is 54.6 Å². The number of nitrogens with one attached hydrogen (secondary N) is 1. The zero-order chi connectivity index (χ0) is 18.5. The van der Waals surface area contributed by atoms with E-state index in [1.54, 1.807) is 11.1 Å².